The highest BCUT2D eigenvalue weighted by molar-refractivity contribution is 5.93. The van der Waals surface area contributed by atoms with Crippen molar-refractivity contribution in [1.29, 1.82) is 0 Å². The maximum absolute atomic E-state index is 12.4. The summed E-state index contributed by atoms with van der Waals surface area (Å²) >= 11 is 0. The minimum atomic E-state index is -0.273. The van der Waals surface area contributed by atoms with Crippen LogP contribution in [0.1, 0.15) is 64.8 Å². The largest absolute Gasteiger partial charge is 0.462 e. The number of nitrogens with zero attached hydrogens (tertiary/aromatic N) is 1. The SMILES string of the molecule is CCOC(=O)c1cc([C@H](OCC)c2cc(C)cc(C)c2)n2c1C=CCC2. The van der Waals surface area contributed by atoms with E-state index in [-0.39, 0.29) is 12.1 Å². The van der Waals surface area contributed by atoms with Gasteiger partial charge in [-0.1, -0.05) is 35.4 Å². The van der Waals surface area contributed by atoms with Crippen molar-refractivity contribution in [2.45, 2.75) is 46.8 Å². The number of aryl methyl sites for hydroxylation is 2. The van der Waals surface area contributed by atoms with Crippen LogP contribution in [0.15, 0.2) is 30.3 Å². The number of ether oxygens (including phenoxy) is 2. The van der Waals surface area contributed by atoms with E-state index in [0.717, 1.165) is 29.9 Å². The van der Waals surface area contributed by atoms with Gasteiger partial charge in [0.1, 0.15) is 6.10 Å². The first kappa shape index (κ1) is 18.5. The molecule has 0 spiro atoms. The molecule has 1 aliphatic rings. The molecular weight excluding hydrogens is 326 g/mol. The van der Waals surface area contributed by atoms with E-state index in [1.54, 1.807) is 0 Å². The maximum Gasteiger partial charge on any atom is 0.340 e. The Morgan fingerprint density at radius 1 is 1.12 bits per heavy atom. The van der Waals surface area contributed by atoms with Crippen LogP contribution in [0, 0.1) is 13.8 Å². The van der Waals surface area contributed by atoms with E-state index in [2.05, 4.69) is 42.7 Å². The third-order valence-electron chi connectivity index (χ3n) is 4.61. The smallest absolute Gasteiger partial charge is 0.340 e. The fraction of sp³-hybridized carbons (Fsp3) is 0.409. The summed E-state index contributed by atoms with van der Waals surface area (Å²) in [4.78, 5) is 12.4. The van der Waals surface area contributed by atoms with Gasteiger partial charge >= 0.3 is 5.97 Å². The fourth-order valence-corrected chi connectivity index (χ4v) is 3.68. The molecule has 1 atom stereocenters. The van der Waals surface area contributed by atoms with E-state index in [4.69, 9.17) is 9.47 Å². The molecule has 0 aliphatic carbocycles. The van der Waals surface area contributed by atoms with Crippen molar-refractivity contribution in [3.8, 4) is 0 Å². The highest BCUT2D eigenvalue weighted by Crippen LogP contribution is 2.33. The summed E-state index contributed by atoms with van der Waals surface area (Å²) in [5.74, 6) is -0.273. The molecule has 4 heteroatoms. The van der Waals surface area contributed by atoms with Gasteiger partial charge in [-0.3, -0.25) is 0 Å². The number of allylic oxidation sites excluding steroid dienone is 1. The molecule has 0 saturated heterocycles. The standard InChI is InChI=1S/C22H27NO3/c1-5-25-21(17-12-15(3)11-16(4)13-17)20-14-18(22(24)26-6-2)19-9-7-8-10-23(19)20/h7,9,11-14,21H,5-6,8,10H2,1-4H3/t21-/m1/s1. The van der Waals surface area contributed by atoms with Crippen molar-refractivity contribution in [3.05, 3.63) is 64.0 Å². The van der Waals surface area contributed by atoms with Crippen LogP contribution in [0.25, 0.3) is 6.08 Å². The Balaban J connectivity index is 2.12. The molecule has 26 heavy (non-hydrogen) atoms. The number of rotatable bonds is 6. The van der Waals surface area contributed by atoms with Gasteiger partial charge in [0.2, 0.25) is 0 Å². The Kier molecular flexibility index (Phi) is 5.62. The highest BCUT2D eigenvalue weighted by atomic mass is 16.5. The predicted octanol–water partition coefficient (Wildman–Crippen LogP) is 4.82. The van der Waals surface area contributed by atoms with Crippen molar-refractivity contribution in [2.24, 2.45) is 0 Å². The minimum Gasteiger partial charge on any atom is -0.462 e. The molecule has 1 aliphatic heterocycles. The van der Waals surface area contributed by atoms with E-state index in [1.807, 2.05) is 26.0 Å². The number of esters is 1. The van der Waals surface area contributed by atoms with E-state index in [0.29, 0.717) is 18.8 Å². The third-order valence-corrected chi connectivity index (χ3v) is 4.61. The van der Waals surface area contributed by atoms with Crippen molar-refractivity contribution < 1.29 is 14.3 Å². The Labute approximate surface area is 155 Å². The first-order valence-corrected chi connectivity index (χ1v) is 9.32. The first-order chi connectivity index (χ1) is 12.5. The molecule has 0 saturated carbocycles. The minimum absolute atomic E-state index is 0.202. The maximum atomic E-state index is 12.4. The second-order valence-corrected chi connectivity index (χ2v) is 6.69. The van der Waals surface area contributed by atoms with E-state index in [1.165, 1.54) is 11.1 Å². The van der Waals surface area contributed by atoms with Crippen LogP contribution in [0.5, 0.6) is 0 Å². The van der Waals surface area contributed by atoms with Crippen LogP contribution >= 0.6 is 0 Å². The topological polar surface area (TPSA) is 40.5 Å². The number of carbonyl (C=O) groups is 1. The number of carbonyl (C=O) groups excluding carboxylic acids is 1. The highest BCUT2D eigenvalue weighted by Gasteiger charge is 2.27. The molecular formula is C22H27NO3. The summed E-state index contributed by atoms with van der Waals surface area (Å²) in [7, 11) is 0. The molecule has 138 valence electrons. The summed E-state index contributed by atoms with van der Waals surface area (Å²) in [6.45, 7) is 9.84. The molecule has 0 unspecified atom stereocenters. The van der Waals surface area contributed by atoms with Crippen LogP contribution in [-0.4, -0.2) is 23.8 Å². The summed E-state index contributed by atoms with van der Waals surface area (Å²) < 4.78 is 13.6. The fourth-order valence-electron chi connectivity index (χ4n) is 3.68. The molecule has 0 radical (unpaired) electrons. The molecule has 2 aromatic rings. The van der Waals surface area contributed by atoms with E-state index in [9.17, 15) is 4.79 Å². The van der Waals surface area contributed by atoms with Gasteiger partial charge in [0.15, 0.2) is 0 Å². The lowest BCUT2D eigenvalue weighted by Crippen LogP contribution is -2.15. The molecule has 0 bridgehead atoms. The zero-order valence-electron chi connectivity index (χ0n) is 16.0. The Morgan fingerprint density at radius 2 is 1.85 bits per heavy atom. The molecule has 0 N–H and O–H groups in total. The second kappa shape index (κ2) is 7.92. The van der Waals surface area contributed by atoms with Crippen LogP contribution < -0.4 is 0 Å². The van der Waals surface area contributed by atoms with Crippen molar-refractivity contribution in [3.63, 3.8) is 0 Å². The lowest BCUT2D eigenvalue weighted by atomic mass is 10.0. The number of benzene rings is 1. The molecule has 1 aromatic carbocycles. The van der Waals surface area contributed by atoms with Gasteiger partial charge in [-0.2, -0.15) is 0 Å². The van der Waals surface area contributed by atoms with Gasteiger partial charge in [0, 0.05) is 13.2 Å². The summed E-state index contributed by atoms with van der Waals surface area (Å²) in [6.07, 6.45) is 4.87. The Morgan fingerprint density at radius 3 is 2.50 bits per heavy atom. The van der Waals surface area contributed by atoms with Gasteiger partial charge in [0.05, 0.1) is 23.6 Å². The molecule has 3 rings (SSSR count). The number of hydrogen-bond acceptors (Lipinski definition) is 3. The summed E-state index contributed by atoms with van der Waals surface area (Å²) in [6, 6.07) is 8.43. The lowest BCUT2D eigenvalue weighted by molar-refractivity contribution is 0.0526. The molecule has 0 fully saturated rings. The average molecular weight is 353 g/mol. The van der Waals surface area contributed by atoms with Gasteiger partial charge in [-0.05, 0) is 51.8 Å². The zero-order valence-corrected chi connectivity index (χ0v) is 16.0. The van der Waals surface area contributed by atoms with E-state index >= 15 is 0 Å². The summed E-state index contributed by atoms with van der Waals surface area (Å²) in [5, 5.41) is 0. The first-order valence-electron chi connectivity index (χ1n) is 9.32. The lowest BCUT2D eigenvalue weighted by Gasteiger charge is -2.23. The van der Waals surface area contributed by atoms with Crippen molar-refractivity contribution in [1.82, 2.24) is 4.57 Å². The van der Waals surface area contributed by atoms with Crippen LogP contribution in [-0.2, 0) is 16.0 Å². The molecule has 0 amide bonds. The third kappa shape index (κ3) is 3.61. The van der Waals surface area contributed by atoms with Gasteiger partial charge in [-0.25, -0.2) is 4.79 Å². The normalized spacial score (nSPS) is 14.2. The van der Waals surface area contributed by atoms with Gasteiger partial charge in [0.25, 0.3) is 0 Å². The van der Waals surface area contributed by atoms with Crippen LogP contribution in [0.4, 0.5) is 0 Å². The Hall–Kier alpha value is -2.33. The van der Waals surface area contributed by atoms with Crippen molar-refractivity contribution in [2.75, 3.05) is 13.2 Å². The number of aromatic nitrogens is 1. The quantitative estimate of drug-likeness (QED) is 0.699. The van der Waals surface area contributed by atoms with Gasteiger partial charge < -0.3 is 14.0 Å². The van der Waals surface area contributed by atoms with Gasteiger partial charge in [-0.15, -0.1) is 0 Å². The van der Waals surface area contributed by atoms with Crippen molar-refractivity contribution >= 4 is 12.0 Å². The predicted molar refractivity (Wildman–Crippen MR) is 103 cm³/mol. The Bertz CT molecular complexity index is 812. The van der Waals surface area contributed by atoms with Crippen LogP contribution in [0.3, 0.4) is 0 Å². The molecule has 4 nitrogen and oxygen atoms in total. The number of fused-ring (bicyclic) bond motifs is 1. The van der Waals surface area contributed by atoms with E-state index < -0.39 is 0 Å². The monoisotopic (exact) mass is 353 g/mol. The molecule has 1 aromatic heterocycles. The zero-order chi connectivity index (χ0) is 18.7. The molecule has 2 heterocycles. The average Bonchev–Trinajstić information content (AvgIpc) is 2.98. The summed E-state index contributed by atoms with van der Waals surface area (Å²) in [5.41, 5.74) is 6.08. The van der Waals surface area contributed by atoms with Crippen LogP contribution in [0.2, 0.25) is 0 Å². The number of hydrogen-bond donors (Lipinski definition) is 0. The second-order valence-electron chi connectivity index (χ2n) is 6.69.